The molecule has 0 saturated carbocycles. The first-order valence-corrected chi connectivity index (χ1v) is 10.1. The van der Waals surface area contributed by atoms with E-state index in [0.29, 0.717) is 16.0 Å². The van der Waals surface area contributed by atoms with E-state index in [2.05, 4.69) is 5.32 Å². The molecule has 1 aromatic heterocycles. The van der Waals surface area contributed by atoms with E-state index in [-0.39, 0.29) is 21.9 Å². The van der Waals surface area contributed by atoms with Gasteiger partial charge in [-0.05, 0) is 48.9 Å². The van der Waals surface area contributed by atoms with Gasteiger partial charge < -0.3 is 20.3 Å². The SMILES string of the molecule is Cc1c(-c2cccc(C(=O)Nc3ccc(C(F)(F)F)cc3)c2)sc(C(=O)O)c1OCC(=O)O. The van der Waals surface area contributed by atoms with Gasteiger partial charge in [0.2, 0.25) is 0 Å². The van der Waals surface area contributed by atoms with Crippen LogP contribution in [0.15, 0.2) is 48.5 Å². The fraction of sp³-hybridized carbons (Fsp3) is 0.136. The summed E-state index contributed by atoms with van der Waals surface area (Å²) >= 11 is 0.872. The number of amides is 1. The van der Waals surface area contributed by atoms with E-state index in [0.717, 1.165) is 35.6 Å². The van der Waals surface area contributed by atoms with Crippen LogP contribution in [0.1, 0.15) is 31.2 Å². The van der Waals surface area contributed by atoms with Gasteiger partial charge in [0.1, 0.15) is 5.75 Å². The van der Waals surface area contributed by atoms with Crippen LogP contribution in [0, 0.1) is 6.92 Å². The summed E-state index contributed by atoms with van der Waals surface area (Å²) < 4.78 is 43.2. The Hall–Kier alpha value is -3.86. The number of carboxylic acids is 2. The molecule has 7 nitrogen and oxygen atoms in total. The first-order chi connectivity index (χ1) is 15.5. The van der Waals surface area contributed by atoms with Crippen LogP contribution in [-0.2, 0) is 11.0 Å². The number of thiophene rings is 1. The second kappa shape index (κ2) is 9.33. The molecule has 0 unspecified atom stereocenters. The minimum absolute atomic E-state index is 0.0653. The van der Waals surface area contributed by atoms with Crippen molar-refractivity contribution in [1.29, 1.82) is 0 Å². The first-order valence-electron chi connectivity index (χ1n) is 9.27. The molecule has 1 amide bonds. The molecular formula is C22H16F3NO6S. The minimum atomic E-state index is -4.49. The van der Waals surface area contributed by atoms with Gasteiger partial charge in [-0.2, -0.15) is 13.2 Å². The van der Waals surface area contributed by atoms with Crippen molar-refractivity contribution in [3.63, 3.8) is 0 Å². The topological polar surface area (TPSA) is 113 Å². The van der Waals surface area contributed by atoms with Crippen LogP contribution in [0.5, 0.6) is 5.75 Å². The van der Waals surface area contributed by atoms with Crippen molar-refractivity contribution in [3.05, 3.63) is 70.1 Å². The number of aliphatic carboxylic acids is 1. The molecule has 0 radical (unpaired) electrons. The monoisotopic (exact) mass is 479 g/mol. The summed E-state index contributed by atoms with van der Waals surface area (Å²) in [6.45, 7) is 0.858. The van der Waals surface area contributed by atoms with Crippen molar-refractivity contribution in [1.82, 2.24) is 0 Å². The minimum Gasteiger partial charge on any atom is -0.480 e. The highest BCUT2D eigenvalue weighted by atomic mass is 32.1. The number of hydrogen-bond acceptors (Lipinski definition) is 5. The van der Waals surface area contributed by atoms with Crippen molar-refractivity contribution < 1.29 is 42.5 Å². The Morgan fingerprint density at radius 2 is 1.73 bits per heavy atom. The summed E-state index contributed by atoms with van der Waals surface area (Å²) in [5, 5.41) is 20.8. The number of aromatic carboxylic acids is 1. The fourth-order valence-corrected chi connectivity index (χ4v) is 4.06. The maximum Gasteiger partial charge on any atom is 0.416 e. The summed E-state index contributed by atoms with van der Waals surface area (Å²) in [6, 6.07) is 10.2. The van der Waals surface area contributed by atoms with Crippen LogP contribution in [-0.4, -0.2) is 34.7 Å². The van der Waals surface area contributed by atoms with Crippen LogP contribution in [0.4, 0.5) is 18.9 Å². The number of nitrogens with one attached hydrogen (secondary N) is 1. The molecule has 0 bridgehead atoms. The molecule has 3 N–H and O–H groups in total. The molecule has 0 fully saturated rings. The largest absolute Gasteiger partial charge is 0.480 e. The van der Waals surface area contributed by atoms with Crippen molar-refractivity contribution >= 4 is 34.9 Å². The molecule has 33 heavy (non-hydrogen) atoms. The lowest BCUT2D eigenvalue weighted by Crippen LogP contribution is -2.12. The molecule has 3 aromatic rings. The number of alkyl halides is 3. The van der Waals surface area contributed by atoms with Gasteiger partial charge in [-0.15, -0.1) is 11.3 Å². The van der Waals surface area contributed by atoms with Gasteiger partial charge in [0.15, 0.2) is 11.5 Å². The lowest BCUT2D eigenvalue weighted by molar-refractivity contribution is -0.139. The van der Waals surface area contributed by atoms with Gasteiger partial charge in [-0.3, -0.25) is 4.79 Å². The molecule has 0 saturated heterocycles. The van der Waals surface area contributed by atoms with Crippen molar-refractivity contribution in [2.24, 2.45) is 0 Å². The van der Waals surface area contributed by atoms with Crippen molar-refractivity contribution in [2.45, 2.75) is 13.1 Å². The zero-order valence-electron chi connectivity index (χ0n) is 16.9. The number of rotatable bonds is 7. The summed E-state index contributed by atoms with van der Waals surface area (Å²) in [6.07, 6.45) is -4.49. The van der Waals surface area contributed by atoms with Gasteiger partial charge in [-0.1, -0.05) is 12.1 Å². The number of ether oxygens (including phenoxy) is 1. The molecule has 0 aliphatic rings. The van der Waals surface area contributed by atoms with Crippen molar-refractivity contribution in [2.75, 3.05) is 11.9 Å². The van der Waals surface area contributed by atoms with Crippen molar-refractivity contribution in [3.8, 4) is 16.2 Å². The maximum absolute atomic E-state index is 12.7. The predicted molar refractivity (Wildman–Crippen MR) is 114 cm³/mol. The standard InChI is InChI=1S/C22H16F3NO6S/c1-11-17(32-10-16(27)28)19(21(30)31)33-18(11)12-3-2-4-13(9-12)20(29)26-15-7-5-14(6-8-15)22(23,24)25/h2-9H,10H2,1H3,(H,26,29)(H,27,28)(H,30,31). The quantitative estimate of drug-likeness (QED) is 0.432. The average molecular weight is 479 g/mol. The van der Waals surface area contributed by atoms with E-state index in [1.807, 2.05) is 0 Å². The van der Waals surface area contributed by atoms with Gasteiger partial charge in [0, 0.05) is 21.7 Å². The number of hydrogen-bond donors (Lipinski definition) is 3. The second-order valence-corrected chi connectivity index (χ2v) is 7.83. The Balaban J connectivity index is 1.87. The molecule has 3 rings (SSSR count). The number of carboxylic acid groups (broad SMARTS) is 2. The van der Waals surface area contributed by atoms with Crippen LogP contribution >= 0.6 is 11.3 Å². The molecule has 0 spiro atoms. The lowest BCUT2D eigenvalue weighted by Gasteiger charge is -2.10. The molecule has 1 heterocycles. The Bertz CT molecular complexity index is 1220. The lowest BCUT2D eigenvalue weighted by atomic mass is 10.1. The molecule has 172 valence electrons. The van der Waals surface area contributed by atoms with E-state index in [1.54, 1.807) is 19.1 Å². The molecule has 0 aliphatic heterocycles. The Labute approximate surface area is 189 Å². The predicted octanol–water partition coefficient (Wildman–Crippen LogP) is 5.16. The van der Waals surface area contributed by atoms with Crippen LogP contribution in [0.3, 0.4) is 0 Å². The average Bonchev–Trinajstić information content (AvgIpc) is 3.08. The van der Waals surface area contributed by atoms with Gasteiger partial charge in [0.25, 0.3) is 5.91 Å². The highest BCUT2D eigenvalue weighted by molar-refractivity contribution is 7.18. The van der Waals surface area contributed by atoms with Crippen LogP contribution in [0.25, 0.3) is 10.4 Å². The normalized spacial score (nSPS) is 11.2. The van der Waals surface area contributed by atoms with Gasteiger partial charge in [0.05, 0.1) is 5.56 Å². The Kier molecular flexibility index (Phi) is 6.73. The summed E-state index contributed by atoms with van der Waals surface area (Å²) in [5.41, 5.74) is 0.406. The first kappa shape index (κ1) is 23.8. The third kappa shape index (κ3) is 5.50. The number of benzene rings is 2. The van der Waals surface area contributed by atoms with Gasteiger partial charge >= 0.3 is 18.1 Å². The molecule has 11 heteroatoms. The fourth-order valence-electron chi connectivity index (χ4n) is 2.97. The molecular weight excluding hydrogens is 463 g/mol. The third-order valence-corrected chi connectivity index (χ3v) is 5.79. The molecule has 2 aromatic carbocycles. The number of anilines is 1. The zero-order valence-corrected chi connectivity index (χ0v) is 17.7. The van der Waals surface area contributed by atoms with E-state index < -0.39 is 36.2 Å². The Morgan fingerprint density at radius 1 is 1.06 bits per heavy atom. The van der Waals surface area contributed by atoms with E-state index >= 15 is 0 Å². The number of halogens is 3. The molecule has 0 aliphatic carbocycles. The second-order valence-electron chi connectivity index (χ2n) is 6.81. The van der Waals surface area contributed by atoms with Crippen LogP contribution in [0.2, 0.25) is 0 Å². The summed E-state index contributed by atoms with van der Waals surface area (Å²) in [5.74, 6) is -3.19. The summed E-state index contributed by atoms with van der Waals surface area (Å²) in [4.78, 5) is 35.3. The van der Waals surface area contributed by atoms with E-state index in [4.69, 9.17) is 9.84 Å². The molecule has 0 atom stereocenters. The van der Waals surface area contributed by atoms with E-state index in [9.17, 15) is 32.7 Å². The maximum atomic E-state index is 12.7. The number of carbonyl (C=O) groups excluding carboxylic acids is 1. The van der Waals surface area contributed by atoms with Crippen LogP contribution < -0.4 is 10.1 Å². The number of carbonyl (C=O) groups is 3. The van der Waals surface area contributed by atoms with E-state index in [1.165, 1.54) is 12.1 Å². The third-order valence-electron chi connectivity index (χ3n) is 4.48. The summed E-state index contributed by atoms with van der Waals surface area (Å²) in [7, 11) is 0. The van der Waals surface area contributed by atoms with Gasteiger partial charge in [-0.25, -0.2) is 9.59 Å². The highest BCUT2D eigenvalue weighted by Crippen LogP contribution is 2.41. The smallest absolute Gasteiger partial charge is 0.416 e. The zero-order chi connectivity index (χ0) is 24.3. The highest BCUT2D eigenvalue weighted by Gasteiger charge is 2.30. The Morgan fingerprint density at radius 3 is 2.30 bits per heavy atom.